The molecule has 0 atom stereocenters. The van der Waals surface area contributed by atoms with Gasteiger partial charge in [0, 0.05) is 29.0 Å². The Kier molecular flexibility index (Phi) is 3.86. The van der Waals surface area contributed by atoms with Gasteiger partial charge in [-0.1, -0.05) is 42.0 Å². The zero-order valence-electron chi connectivity index (χ0n) is 13.9. The van der Waals surface area contributed by atoms with Crippen molar-refractivity contribution >= 4 is 16.7 Å². The summed E-state index contributed by atoms with van der Waals surface area (Å²) in [6.45, 7) is 1.99. The molecule has 0 N–H and O–H groups in total. The lowest BCUT2D eigenvalue weighted by molar-refractivity contribution is 0.0991. The van der Waals surface area contributed by atoms with Gasteiger partial charge >= 0.3 is 0 Å². The molecule has 4 aromatic rings. The van der Waals surface area contributed by atoms with E-state index in [0.717, 1.165) is 27.7 Å². The number of ketones is 1. The first-order chi connectivity index (χ1) is 12.2. The number of nitrogens with zero attached hydrogens (tertiary/aromatic N) is 3. The molecule has 25 heavy (non-hydrogen) atoms. The Morgan fingerprint density at radius 2 is 1.76 bits per heavy atom. The van der Waals surface area contributed by atoms with Gasteiger partial charge in [-0.3, -0.25) is 9.36 Å². The second-order valence-corrected chi connectivity index (χ2v) is 6.05. The van der Waals surface area contributed by atoms with Gasteiger partial charge in [0.25, 0.3) is 0 Å². The molecule has 0 spiro atoms. The maximum atomic E-state index is 12.8. The highest BCUT2D eigenvalue weighted by Crippen LogP contribution is 2.23. The maximum Gasteiger partial charge on any atom is 0.234 e. The molecule has 0 aliphatic rings. The molecule has 2 heterocycles. The molecule has 0 unspecified atom stereocenters. The second kappa shape index (κ2) is 6.32. The Hall–Kier alpha value is -3.27. The van der Waals surface area contributed by atoms with Crippen molar-refractivity contribution in [2.45, 2.75) is 13.3 Å². The highest BCUT2D eigenvalue weighted by molar-refractivity contribution is 5.98. The number of fused-ring (bicyclic) bond motifs is 1. The second-order valence-electron chi connectivity index (χ2n) is 6.05. The minimum Gasteiger partial charge on any atom is -0.294 e. The van der Waals surface area contributed by atoms with Crippen molar-refractivity contribution in [2.75, 3.05) is 0 Å². The summed E-state index contributed by atoms with van der Waals surface area (Å²) in [5.41, 5.74) is 3.70. The van der Waals surface area contributed by atoms with Gasteiger partial charge in [0.2, 0.25) is 5.95 Å². The van der Waals surface area contributed by atoms with E-state index in [1.807, 2.05) is 66.1 Å². The molecule has 4 heteroatoms. The van der Waals surface area contributed by atoms with Crippen molar-refractivity contribution in [2.24, 2.45) is 0 Å². The average Bonchev–Trinajstić information content (AvgIpc) is 3.00. The van der Waals surface area contributed by atoms with E-state index in [9.17, 15) is 4.79 Å². The number of benzene rings is 2. The molecule has 4 rings (SSSR count). The fourth-order valence-electron chi connectivity index (χ4n) is 3.07. The smallest absolute Gasteiger partial charge is 0.234 e. The number of Topliss-reactive ketones (excluding diaryl/α,β-unsaturated/α-hetero) is 1. The van der Waals surface area contributed by atoms with Crippen molar-refractivity contribution in [1.29, 1.82) is 0 Å². The SMILES string of the molecule is Cc1cccc(C(=O)Cc2cc3ccccc3n2-c2ncccn2)c1. The van der Waals surface area contributed by atoms with Crippen LogP contribution in [-0.4, -0.2) is 20.3 Å². The molecule has 0 saturated heterocycles. The third kappa shape index (κ3) is 2.94. The number of carbonyl (C=O) groups excluding carboxylic acids is 1. The van der Waals surface area contributed by atoms with Crippen molar-refractivity contribution in [1.82, 2.24) is 14.5 Å². The summed E-state index contributed by atoms with van der Waals surface area (Å²) in [4.78, 5) is 21.5. The highest BCUT2D eigenvalue weighted by Gasteiger charge is 2.16. The van der Waals surface area contributed by atoms with Gasteiger partial charge in [0.05, 0.1) is 11.9 Å². The number of aromatic nitrogens is 3. The van der Waals surface area contributed by atoms with Gasteiger partial charge in [0.15, 0.2) is 5.78 Å². The Labute approximate surface area is 145 Å². The molecule has 0 fully saturated rings. The van der Waals surface area contributed by atoms with E-state index < -0.39 is 0 Å². The average molecular weight is 327 g/mol. The minimum atomic E-state index is 0.0867. The first-order valence-electron chi connectivity index (χ1n) is 8.19. The van der Waals surface area contributed by atoms with Crippen molar-refractivity contribution in [3.8, 4) is 5.95 Å². The van der Waals surface area contributed by atoms with Gasteiger partial charge < -0.3 is 0 Å². The predicted octanol–water partition coefficient (Wildman–Crippen LogP) is 4.15. The molecule has 0 saturated carbocycles. The summed E-state index contributed by atoms with van der Waals surface area (Å²) < 4.78 is 1.96. The molecule has 0 bridgehead atoms. The molecule has 122 valence electrons. The Morgan fingerprint density at radius 3 is 2.56 bits per heavy atom. The summed E-state index contributed by atoms with van der Waals surface area (Å²) in [7, 11) is 0. The summed E-state index contributed by atoms with van der Waals surface area (Å²) in [5, 5.41) is 1.07. The Bertz CT molecular complexity index is 1050. The van der Waals surface area contributed by atoms with E-state index in [1.54, 1.807) is 18.5 Å². The molecule has 0 aliphatic heterocycles. The van der Waals surface area contributed by atoms with Crippen LogP contribution >= 0.6 is 0 Å². The third-order valence-corrected chi connectivity index (χ3v) is 4.22. The van der Waals surface area contributed by atoms with Gasteiger partial charge in [-0.15, -0.1) is 0 Å². The normalized spacial score (nSPS) is 10.9. The van der Waals surface area contributed by atoms with Crippen molar-refractivity contribution in [3.05, 3.63) is 89.9 Å². The predicted molar refractivity (Wildman–Crippen MR) is 98.1 cm³/mol. The van der Waals surface area contributed by atoms with Crippen LogP contribution in [0.4, 0.5) is 0 Å². The van der Waals surface area contributed by atoms with Crippen LogP contribution in [0.25, 0.3) is 16.9 Å². The summed E-state index contributed by atoms with van der Waals surface area (Å²) >= 11 is 0. The van der Waals surface area contributed by atoms with Crippen molar-refractivity contribution in [3.63, 3.8) is 0 Å². The molecule has 0 aliphatic carbocycles. The minimum absolute atomic E-state index is 0.0867. The summed E-state index contributed by atoms with van der Waals surface area (Å²) in [6, 6.07) is 19.5. The van der Waals surface area contributed by atoms with E-state index in [-0.39, 0.29) is 5.78 Å². The number of carbonyl (C=O) groups is 1. The van der Waals surface area contributed by atoms with Crippen LogP contribution in [0.5, 0.6) is 0 Å². The zero-order chi connectivity index (χ0) is 17.2. The van der Waals surface area contributed by atoms with Crippen LogP contribution in [-0.2, 0) is 6.42 Å². The fraction of sp³-hybridized carbons (Fsp3) is 0.0952. The van der Waals surface area contributed by atoms with Gasteiger partial charge in [-0.2, -0.15) is 0 Å². The van der Waals surface area contributed by atoms with Crippen LogP contribution in [0.3, 0.4) is 0 Å². The number of rotatable bonds is 4. The molecule has 2 aromatic heterocycles. The summed E-state index contributed by atoms with van der Waals surface area (Å²) in [6.07, 6.45) is 3.73. The number of para-hydroxylation sites is 1. The highest BCUT2D eigenvalue weighted by atomic mass is 16.1. The third-order valence-electron chi connectivity index (χ3n) is 4.22. The molecule has 2 aromatic carbocycles. The quantitative estimate of drug-likeness (QED) is 0.529. The van der Waals surface area contributed by atoms with Crippen LogP contribution in [0, 0.1) is 6.92 Å². The lowest BCUT2D eigenvalue weighted by atomic mass is 10.0. The zero-order valence-corrected chi connectivity index (χ0v) is 13.9. The molecule has 4 nitrogen and oxygen atoms in total. The first kappa shape index (κ1) is 15.3. The van der Waals surface area contributed by atoms with Crippen LogP contribution in [0.2, 0.25) is 0 Å². The molecular formula is C21H17N3O. The molecular weight excluding hydrogens is 310 g/mol. The van der Waals surface area contributed by atoms with Gasteiger partial charge in [0.1, 0.15) is 0 Å². The largest absolute Gasteiger partial charge is 0.294 e. The van der Waals surface area contributed by atoms with Gasteiger partial charge in [-0.05, 0) is 31.2 Å². The lowest BCUT2D eigenvalue weighted by Crippen LogP contribution is -2.10. The van der Waals surface area contributed by atoms with Crippen LogP contribution in [0.15, 0.2) is 73.1 Å². The van der Waals surface area contributed by atoms with E-state index in [4.69, 9.17) is 0 Å². The standard InChI is InChI=1S/C21H17N3O/c1-15-6-4-8-17(12-15)20(25)14-18-13-16-7-2-3-9-19(16)24(18)21-22-10-5-11-23-21/h2-13H,14H2,1H3. The lowest BCUT2D eigenvalue weighted by Gasteiger charge is -2.08. The van der Waals surface area contributed by atoms with E-state index >= 15 is 0 Å². The Balaban J connectivity index is 1.80. The van der Waals surface area contributed by atoms with E-state index in [0.29, 0.717) is 12.4 Å². The number of hydrogen-bond acceptors (Lipinski definition) is 3. The summed E-state index contributed by atoms with van der Waals surface area (Å²) in [5.74, 6) is 0.666. The Morgan fingerprint density at radius 1 is 0.960 bits per heavy atom. The van der Waals surface area contributed by atoms with Crippen LogP contribution < -0.4 is 0 Å². The van der Waals surface area contributed by atoms with Crippen LogP contribution in [0.1, 0.15) is 21.6 Å². The molecule has 0 amide bonds. The number of aryl methyl sites for hydroxylation is 1. The maximum absolute atomic E-state index is 12.8. The van der Waals surface area contributed by atoms with Crippen molar-refractivity contribution < 1.29 is 4.79 Å². The van der Waals surface area contributed by atoms with E-state index in [2.05, 4.69) is 9.97 Å². The van der Waals surface area contributed by atoms with E-state index in [1.165, 1.54) is 0 Å². The first-order valence-corrected chi connectivity index (χ1v) is 8.19. The molecule has 0 radical (unpaired) electrons. The number of hydrogen-bond donors (Lipinski definition) is 0. The fourth-order valence-corrected chi connectivity index (χ4v) is 3.07. The monoisotopic (exact) mass is 327 g/mol. The van der Waals surface area contributed by atoms with Gasteiger partial charge in [-0.25, -0.2) is 9.97 Å². The topological polar surface area (TPSA) is 47.8 Å².